The number of aryl methyl sites for hydroxylation is 1. The Bertz CT molecular complexity index is 345. The molecule has 0 radical (unpaired) electrons. The molecule has 16 heavy (non-hydrogen) atoms. The SMILES string of the molecule is Cc1ccc([C@H](C)NCC(C)C(N)=O)cc1. The van der Waals surface area contributed by atoms with Gasteiger partial charge in [0.25, 0.3) is 0 Å². The van der Waals surface area contributed by atoms with Gasteiger partial charge in [-0.3, -0.25) is 4.79 Å². The lowest BCUT2D eigenvalue weighted by molar-refractivity contribution is -0.121. The van der Waals surface area contributed by atoms with Crippen LogP contribution in [0.3, 0.4) is 0 Å². The Morgan fingerprint density at radius 3 is 2.38 bits per heavy atom. The predicted octanol–water partition coefficient (Wildman–Crippen LogP) is 1.77. The molecular formula is C13H20N2O. The Morgan fingerprint density at radius 1 is 1.31 bits per heavy atom. The van der Waals surface area contributed by atoms with Crippen molar-refractivity contribution in [2.24, 2.45) is 11.7 Å². The average molecular weight is 220 g/mol. The van der Waals surface area contributed by atoms with Crippen molar-refractivity contribution in [3.8, 4) is 0 Å². The maximum Gasteiger partial charge on any atom is 0.221 e. The molecular weight excluding hydrogens is 200 g/mol. The van der Waals surface area contributed by atoms with Crippen molar-refractivity contribution in [3.63, 3.8) is 0 Å². The van der Waals surface area contributed by atoms with Crippen molar-refractivity contribution < 1.29 is 4.79 Å². The first-order valence-corrected chi connectivity index (χ1v) is 5.60. The molecule has 0 aliphatic heterocycles. The highest BCUT2D eigenvalue weighted by atomic mass is 16.1. The summed E-state index contributed by atoms with van der Waals surface area (Å²) in [6.45, 7) is 6.59. The Balaban J connectivity index is 2.49. The molecule has 1 rings (SSSR count). The number of carbonyl (C=O) groups excluding carboxylic acids is 1. The number of primary amides is 1. The molecule has 1 aromatic rings. The molecule has 0 bridgehead atoms. The van der Waals surface area contributed by atoms with Crippen LogP contribution in [0.1, 0.15) is 31.0 Å². The van der Waals surface area contributed by atoms with E-state index in [0.717, 1.165) is 0 Å². The van der Waals surface area contributed by atoms with Crippen molar-refractivity contribution in [2.75, 3.05) is 6.54 Å². The van der Waals surface area contributed by atoms with E-state index in [0.29, 0.717) is 6.54 Å². The van der Waals surface area contributed by atoms with E-state index >= 15 is 0 Å². The summed E-state index contributed by atoms with van der Waals surface area (Å²) in [6, 6.07) is 8.61. The Labute approximate surface area is 97.0 Å². The van der Waals surface area contributed by atoms with Crippen LogP contribution in [0.5, 0.6) is 0 Å². The minimum absolute atomic E-state index is 0.132. The third-order valence-corrected chi connectivity index (χ3v) is 2.79. The van der Waals surface area contributed by atoms with E-state index in [4.69, 9.17) is 5.73 Å². The number of carbonyl (C=O) groups is 1. The highest BCUT2D eigenvalue weighted by Gasteiger charge is 2.10. The van der Waals surface area contributed by atoms with Crippen LogP contribution in [0.2, 0.25) is 0 Å². The van der Waals surface area contributed by atoms with Crippen LogP contribution in [0.4, 0.5) is 0 Å². The fraction of sp³-hybridized carbons (Fsp3) is 0.462. The summed E-state index contributed by atoms with van der Waals surface area (Å²) in [7, 11) is 0. The minimum Gasteiger partial charge on any atom is -0.369 e. The average Bonchev–Trinajstić information content (AvgIpc) is 2.26. The molecule has 1 unspecified atom stereocenters. The second-order valence-electron chi connectivity index (χ2n) is 4.34. The van der Waals surface area contributed by atoms with Gasteiger partial charge in [0.15, 0.2) is 0 Å². The monoisotopic (exact) mass is 220 g/mol. The summed E-state index contributed by atoms with van der Waals surface area (Å²) in [5.41, 5.74) is 7.68. The number of benzene rings is 1. The summed E-state index contributed by atoms with van der Waals surface area (Å²) >= 11 is 0. The van der Waals surface area contributed by atoms with Gasteiger partial charge in [0.05, 0.1) is 0 Å². The zero-order chi connectivity index (χ0) is 12.1. The van der Waals surface area contributed by atoms with Gasteiger partial charge in [-0.2, -0.15) is 0 Å². The maximum absolute atomic E-state index is 10.9. The van der Waals surface area contributed by atoms with Gasteiger partial charge in [-0.15, -0.1) is 0 Å². The Kier molecular flexibility index (Phi) is 4.50. The highest BCUT2D eigenvalue weighted by molar-refractivity contribution is 5.76. The van der Waals surface area contributed by atoms with E-state index in [2.05, 4.69) is 43.4 Å². The van der Waals surface area contributed by atoms with Gasteiger partial charge in [0, 0.05) is 18.5 Å². The smallest absolute Gasteiger partial charge is 0.221 e. The molecule has 1 aromatic carbocycles. The zero-order valence-electron chi connectivity index (χ0n) is 10.2. The maximum atomic E-state index is 10.9. The van der Waals surface area contributed by atoms with Crippen molar-refractivity contribution in [1.82, 2.24) is 5.32 Å². The number of hydrogen-bond donors (Lipinski definition) is 2. The topological polar surface area (TPSA) is 55.1 Å². The quantitative estimate of drug-likeness (QED) is 0.794. The van der Waals surface area contributed by atoms with Gasteiger partial charge in [-0.05, 0) is 19.4 Å². The van der Waals surface area contributed by atoms with Gasteiger partial charge < -0.3 is 11.1 Å². The lowest BCUT2D eigenvalue weighted by Crippen LogP contribution is -2.32. The van der Waals surface area contributed by atoms with E-state index in [1.807, 2.05) is 6.92 Å². The number of nitrogens with one attached hydrogen (secondary N) is 1. The van der Waals surface area contributed by atoms with Crippen LogP contribution in [-0.4, -0.2) is 12.5 Å². The van der Waals surface area contributed by atoms with E-state index in [9.17, 15) is 4.79 Å². The molecule has 0 saturated heterocycles. The summed E-state index contributed by atoms with van der Waals surface area (Å²) < 4.78 is 0. The van der Waals surface area contributed by atoms with Crippen LogP contribution < -0.4 is 11.1 Å². The number of amides is 1. The Morgan fingerprint density at radius 2 is 1.88 bits per heavy atom. The van der Waals surface area contributed by atoms with E-state index < -0.39 is 0 Å². The standard InChI is InChI=1S/C13H20N2O/c1-9-4-6-12(7-5-9)11(3)15-8-10(2)13(14)16/h4-7,10-11,15H,8H2,1-3H3,(H2,14,16)/t10?,11-/m0/s1. The van der Waals surface area contributed by atoms with Gasteiger partial charge in [-0.1, -0.05) is 36.8 Å². The van der Waals surface area contributed by atoms with Crippen molar-refractivity contribution >= 4 is 5.91 Å². The van der Waals surface area contributed by atoms with Crippen LogP contribution in [0.15, 0.2) is 24.3 Å². The first-order valence-electron chi connectivity index (χ1n) is 5.60. The van der Waals surface area contributed by atoms with Gasteiger partial charge in [0.1, 0.15) is 0 Å². The molecule has 0 heterocycles. The summed E-state index contributed by atoms with van der Waals surface area (Å²) in [5, 5.41) is 3.30. The largest absolute Gasteiger partial charge is 0.369 e. The molecule has 3 N–H and O–H groups in total. The molecule has 0 aromatic heterocycles. The third kappa shape index (κ3) is 3.66. The van der Waals surface area contributed by atoms with Crippen LogP contribution in [0.25, 0.3) is 0 Å². The second-order valence-corrected chi connectivity index (χ2v) is 4.34. The first kappa shape index (κ1) is 12.7. The number of nitrogens with two attached hydrogens (primary N) is 1. The molecule has 3 nitrogen and oxygen atoms in total. The molecule has 2 atom stereocenters. The van der Waals surface area contributed by atoms with Crippen LogP contribution in [-0.2, 0) is 4.79 Å². The fourth-order valence-corrected chi connectivity index (χ4v) is 1.43. The first-order chi connectivity index (χ1) is 7.50. The zero-order valence-corrected chi connectivity index (χ0v) is 10.2. The minimum atomic E-state index is -0.261. The van der Waals surface area contributed by atoms with E-state index in [1.165, 1.54) is 11.1 Å². The molecule has 0 spiro atoms. The van der Waals surface area contributed by atoms with Crippen LogP contribution in [0, 0.1) is 12.8 Å². The summed E-state index contributed by atoms with van der Waals surface area (Å²) in [5.74, 6) is -0.392. The number of hydrogen-bond acceptors (Lipinski definition) is 2. The van der Waals surface area contributed by atoms with Gasteiger partial charge in [0.2, 0.25) is 5.91 Å². The van der Waals surface area contributed by atoms with Crippen molar-refractivity contribution in [3.05, 3.63) is 35.4 Å². The van der Waals surface area contributed by atoms with Crippen molar-refractivity contribution in [1.29, 1.82) is 0 Å². The Hall–Kier alpha value is -1.35. The molecule has 0 aliphatic rings. The summed E-state index contributed by atoms with van der Waals surface area (Å²) in [4.78, 5) is 10.9. The molecule has 1 amide bonds. The van der Waals surface area contributed by atoms with Gasteiger partial charge >= 0.3 is 0 Å². The highest BCUT2D eigenvalue weighted by Crippen LogP contribution is 2.13. The van der Waals surface area contributed by atoms with Crippen molar-refractivity contribution in [2.45, 2.75) is 26.8 Å². The van der Waals surface area contributed by atoms with E-state index in [-0.39, 0.29) is 17.9 Å². The normalized spacial score (nSPS) is 14.4. The molecule has 3 heteroatoms. The van der Waals surface area contributed by atoms with Crippen LogP contribution >= 0.6 is 0 Å². The molecule has 0 aliphatic carbocycles. The predicted molar refractivity (Wildman–Crippen MR) is 66.0 cm³/mol. The second kappa shape index (κ2) is 5.66. The third-order valence-electron chi connectivity index (χ3n) is 2.79. The van der Waals surface area contributed by atoms with Gasteiger partial charge in [-0.25, -0.2) is 0 Å². The number of rotatable bonds is 5. The lowest BCUT2D eigenvalue weighted by atomic mass is 10.1. The lowest BCUT2D eigenvalue weighted by Gasteiger charge is -2.16. The molecule has 0 fully saturated rings. The fourth-order valence-electron chi connectivity index (χ4n) is 1.43. The molecule has 0 saturated carbocycles. The molecule has 88 valence electrons. The summed E-state index contributed by atoms with van der Waals surface area (Å²) in [6.07, 6.45) is 0. The van der Waals surface area contributed by atoms with E-state index in [1.54, 1.807) is 0 Å².